The summed E-state index contributed by atoms with van der Waals surface area (Å²) in [7, 11) is 0. The van der Waals surface area contributed by atoms with Gasteiger partial charge in [-0.25, -0.2) is 0 Å². The van der Waals surface area contributed by atoms with E-state index in [0.717, 1.165) is 5.75 Å². The molecule has 1 aromatic carbocycles. The SMILES string of the molecule is CC.Cc1cccc(OI)c1. The van der Waals surface area contributed by atoms with Crippen LogP contribution in [0, 0.1) is 6.92 Å². The minimum Gasteiger partial charge on any atom is -0.428 e. The Labute approximate surface area is 82.5 Å². The lowest BCUT2D eigenvalue weighted by molar-refractivity contribution is 0.716. The Morgan fingerprint density at radius 3 is 2.27 bits per heavy atom. The maximum atomic E-state index is 4.96. The van der Waals surface area contributed by atoms with Crippen LogP contribution in [0.25, 0.3) is 0 Å². The monoisotopic (exact) mass is 264 g/mol. The number of benzene rings is 1. The molecule has 0 heterocycles. The van der Waals surface area contributed by atoms with E-state index < -0.39 is 0 Å². The van der Waals surface area contributed by atoms with Gasteiger partial charge < -0.3 is 3.07 Å². The van der Waals surface area contributed by atoms with Crippen molar-refractivity contribution < 1.29 is 3.07 Å². The van der Waals surface area contributed by atoms with Crippen LogP contribution in [0.5, 0.6) is 5.75 Å². The highest BCUT2D eigenvalue weighted by atomic mass is 127. The van der Waals surface area contributed by atoms with E-state index in [9.17, 15) is 0 Å². The van der Waals surface area contributed by atoms with E-state index in [1.54, 1.807) is 0 Å². The summed E-state index contributed by atoms with van der Waals surface area (Å²) in [5.41, 5.74) is 1.23. The number of hydrogen-bond donors (Lipinski definition) is 0. The second-order valence-electron chi connectivity index (χ2n) is 1.89. The molecule has 1 rings (SSSR count). The molecule has 0 aromatic heterocycles. The molecule has 2 heteroatoms. The predicted molar refractivity (Wildman–Crippen MR) is 57.2 cm³/mol. The molecule has 11 heavy (non-hydrogen) atoms. The zero-order chi connectivity index (χ0) is 8.69. The fourth-order valence-corrected chi connectivity index (χ4v) is 0.937. The van der Waals surface area contributed by atoms with Crippen LogP contribution in [-0.2, 0) is 0 Å². The van der Waals surface area contributed by atoms with Crippen LogP contribution in [0.4, 0.5) is 0 Å². The van der Waals surface area contributed by atoms with Gasteiger partial charge in [-0.1, -0.05) is 26.0 Å². The average molecular weight is 264 g/mol. The van der Waals surface area contributed by atoms with Gasteiger partial charge in [0, 0.05) is 0 Å². The molecule has 0 atom stereocenters. The van der Waals surface area contributed by atoms with Gasteiger partial charge in [-0.15, -0.1) is 0 Å². The minimum atomic E-state index is 0.913. The molecule has 1 aromatic rings. The van der Waals surface area contributed by atoms with Crippen LogP contribution in [0.2, 0.25) is 0 Å². The zero-order valence-corrected chi connectivity index (χ0v) is 9.25. The van der Waals surface area contributed by atoms with Gasteiger partial charge in [0.1, 0.15) is 5.75 Å². The van der Waals surface area contributed by atoms with Crippen molar-refractivity contribution in [2.24, 2.45) is 0 Å². The van der Waals surface area contributed by atoms with Crippen molar-refractivity contribution in [1.29, 1.82) is 0 Å². The van der Waals surface area contributed by atoms with Crippen molar-refractivity contribution in [1.82, 2.24) is 0 Å². The van der Waals surface area contributed by atoms with E-state index in [1.807, 2.05) is 68.0 Å². The van der Waals surface area contributed by atoms with E-state index in [-0.39, 0.29) is 0 Å². The van der Waals surface area contributed by atoms with Gasteiger partial charge in [0.25, 0.3) is 0 Å². The minimum absolute atomic E-state index is 0.913. The molecule has 0 aliphatic heterocycles. The molecule has 0 saturated carbocycles. The van der Waals surface area contributed by atoms with E-state index in [2.05, 4.69) is 0 Å². The van der Waals surface area contributed by atoms with Gasteiger partial charge in [-0.3, -0.25) is 0 Å². The first-order valence-corrected chi connectivity index (χ1v) is 4.56. The van der Waals surface area contributed by atoms with Gasteiger partial charge in [0.15, 0.2) is 23.0 Å². The highest BCUT2D eigenvalue weighted by Gasteiger charge is 1.88. The third-order valence-corrected chi connectivity index (χ3v) is 1.59. The van der Waals surface area contributed by atoms with Crippen LogP contribution in [0.1, 0.15) is 19.4 Å². The highest BCUT2D eigenvalue weighted by Crippen LogP contribution is 2.13. The van der Waals surface area contributed by atoms with Crippen LogP contribution >= 0.6 is 23.0 Å². The molecule has 62 valence electrons. The molecule has 0 spiro atoms. The number of hydrogen-bond acceptors (Lipinski definition) is 1. The average Bonchev–Trinajstić information content (AvgIpc) is 2.08. The van der Waals surface area contributed by atoms with Crippen LogP contribution in [0.15, 0.2) is 24.3 Å². The fourth-order valence-electron chi connectivity index (χ4n) is 0.663. The lowest BCUT2D eigenvalue weighted by atomic mass is 10.2. The van der Waals surface area contributed by atoms with E-state index in [4.69, 9.17) is 3.07 Å². The maximum absolute atomic E-state index is 4.96. The lowest BCUT2D eigenvalue weighted by Gasteiger charge is -1.95. The van der Waals surface area contributed by atoms with Crippen molar-refractivity contribution in [3.63, 3.8) is 0 Å². The van der Waals surface area contributed by atoms with Crippen molar-refractivity contribution in [2.75, 3.05) is 0 Å². The Hall–Kier alpha value is -0.250. The van der Waals surface area contributed by atoms with E-state index in [0.29, 0.717) is 0 Å². The Morgan fingerprint density at radius 2 is 1.91 bits per heavy atom. The van der Waals surface area contributed by atoms with Crippen LogP contribution in [0.3, 0.4) is 0 Å². The summed E-state index contributed by atoms with van der Waals surface area (Å²) in [6.45, 7) is 6.04. The molecule has 0 bridgehead atoms. The first-order valence-electron chi connectivity index (χ1n) is 3.68. The molecular formula is C9H13IO. The molecule has 0 saturated heterocycles. The smallest absolute Gasteiger partial charge is 0.192 e. The van der Waals surface area contributed by atoms with E-state index >= 15 is 0 Å². The summed E-state index contributed by atoms with van der Waals surface area (Å²) in [6.07, 6.45) is 0. The van der Waals surface area contributed by atoms with Crippen molar-refractivity contribution in [2.45, 2.75) is 20.8 Å². The van der Waals surface area contributed by atoms with Gasteiger partial charge in [0.2, 0.25) is 0 Å². The first kappa shape index (κ1) is 10.8. The zero-order valence-electron chi connectivity index (χ0n) is 7.10. The molecule has 0 aliphatic carbocycles. The van der Waals surface area contributed by atoms with Crippen molar-refractivity contribution in [3.05, 3.63) is 29.8 Å². The number of aryl methyl sites for hydroxylation is 1. The summed E-state index contributed by atoms with van der Waals surface area (Å²) in [6, 6.07) is 7.94. The molecular weight excluding hydrogens is 251 g/mol. The Balaban J connectivity index is 0.000000461. The highest BCUT2D eigenvalue weighted by molar-refractivity contribution is 14.1. The summed E-state index contributed by atoms with van der Waals surface area (Å²) in [5, 5.41) is 0. The van der Waals surface area contributed by atoms with Crippen molar-refractivity contribution >= 4 is 23.0 Å². The Bertz CT molecular complexity index is 199. The van der Waals surface area contributed by atoms with Crippen LogP contribution in [-0.4, -0.2) is 0 Å². The summed E-state index contributed by atoms with van der Waals surface area (Å²) < 4.78 is 4.96. The normalized spacial score (nSPS) is 8.00. The Morgan fingerprint density at radius 1 is 1.27 bits per heavy atom. The van der Waals surface area contributed by atoms with Crippen molar-refractivity contribution in [3.8, 4) is 5.75 Å². The molecule has 0 aliphatic rings. The molecule has 0 radical (unpaired) electrons. The molecule has 0 unspecified atom stereocenters. The molecule has 0 N–H and O–H groups in total. The van der Waals surface area contributed by atoms with Crippen LogP contribution < -0.4 is 3.07 Å². The van der Waals surface area contributed by atoms with Gasteiger partial charge >= 0.3 is 0 Å². The van der Waals surface area contributed by atoms with Gasteiger partial charge in [-0.2, -0.15) is 0 Å². The quantitative estimate of drug-likeness (QED) is 0.702. The summed E-state index contributed by atoms with van der Waals surface area (Å²) in [4.78, 5) is 0. The van der Waals surface area contributed by atoms with Gasteiger partial charge in [-0.05, 0) is 24.6 Å². The predicted octanol–water partition coefficient (Wildman–Crippen LogP) is 3.75. The largest absolute Gasteiger partial charge is 0.428 e. The summed E-state index contributed by atoms with van der Waals surface area (Å²) >= 11 is 1.87. The third-order valence-electron chi connectivity index (χ3n) is 1.08. The molecule has 0 fully saturated rings. The molecule has 1 nitrogen and oxygen atoms in total. The third kappa shape index (κ3) is 4.24. The lowest BCUT2D eigenvalue weighted by Crippen LogP contribution is -1.74. The fraction of sp³-hybridized carbons (Fsp3) is 0.333. The summed E-state index contributed by atoms with van der Waals surface area (Å²) in [5.74, 6) is 0.913. The van der Waals surface area contributed by atoms with E-state index in [1.165, 1.54) is 5.56 Å². The van der Waals surface area contributed by atoms with Gasteiger partial charge in [0.05, 0.1) is 0 Å². The second kappa shape index (κ2) is 6.46. The Kier molecular flexibility index (Phi) is 6.31. The topological polar surface area (TPSA) is 9.23 Å². The number of rotatable bonds is 1. The second-order valence-corrected chi connectivity index (χ2v) is 2.33. The molecule has 0 amide bonds. The first-order chi connectivity index (χ1) is 5.33. The number of halogens is 1. The standard InChI is InChI=1S/C7H7IO.C2H6/c1-6-3-2-4-7(5-6)9-8;1-2/h2-5H,1H3;1-2H3. The maximum Gasteiger partial charge on any atom is 0.192 e.